The number of unbranched alkanes of at least 4 members (excludes halogenated alkanes) is 18. The van der Waals surface area contributed by atoms with Gasteiger partial charge in [0.25, 0.3) is 0 Å². The van der Waals surface area contributed by atoms with Crippen LogP contribution in [0.5, 0.6) is 0 Å². The Kier molecular flexibility index (Phi) is 71.6. The number of ether oxygens (including phenoxy) is 4. The predicted molar refractivity (Wildman–Crippen MR) is 426 cm³/mol. The molecule has 0 aliphatic rings. The smallest absolute Gasteiger partial charge is 0.462 e. The molecule has 0 bridgehead atoms. The molecule has 5 atom stereocenters. The average molecular weight is 1490 g/mol. The van der Waals surface area contributed by atoms with E-state index in [0.717, 1.165) is 141 Å². The lowest BCUT2D eigenvalue weighted by molar-refractivity contribution is -0.161. The van der Waals surface area contributed by atoms with Gasteiger partial charge in [-0.05, 0) is 128 Å². The molecular weight excluding hydrogens is 1350 g/mol. The van der Waals surface area contributed by atoms with Crippen molar-refractivity contribution in [1.29, 1.82) is 0 Å². The SMILES string of the molecule is CC/C=C\C/C=C\C/C=C\C/C=C\C/C=C\C/C=C\CCC(=O)OCC(COP(=O)(O)OCC(O)COP(=O)(O)OCC(COC(=O)CCCCCCC/C=C\C/C=C\CCC)OC(=O)CCCCCCCCCCCCCCC)OC(=O)CC/C=C\C/C=C\C/C=C\C/C=C\C/C=C\C/C=C\CC. The summed E-state index contributed by atoms with van der Waals surface area (Å²) in [6, 6.07) is 0. The number of esters is 4. The summed E-state index contributed by atoms with van der Waals surface area (Å²) in [5.74, 6) is -2.40. The summed E-state index contributed by atoms with van der Waals surface area (Å²) in [4.78, 5) is 72.9. The molecule has 0 saturated carbocycles. The average Bonchev–Trinajstić information content (AvgIpc) is 0.906. The zero-order valence-corrected chi connectivity index (χ0v) is 66.2. The molecule has 0 radical (unpaired) electrons. The molecule has 19 heteroatoms. The number of carbonyl (C=O) groups excluding carboxylic acids is 4. The van der Waals surface area contributed by atoms with Gasteiger partial charge in [-0.2, -0.15) is 0 Å². The van der Waals surface area contributed by atoms with Gasteiger partial charge in [-0.15, -0.1) is 0 Å². The number of aliphatic hydroxyl groups is 1. The van der Waals surface area contributed by atoms with Gasteiger partial charge in [0.15, 0.2) is 12.2 Å². The molecule has 0 aromatic heterocycles. The molecule has 590 valence electrons. The molecule has 17 nitrogen and oxygen atoms in total. The van der Waals surface area contributed by atoms with Gasteiger partial charge in [-0.1, -0.05) is 301 Å². The van der Waals surface area contributed by atoms with Crippen LogP contribution >= 0.6 is 15.6 Å². The Labute approximate surface area is 629 Å². The van der Waals surface area contributed by atoms with Crippen molar-refractivity contribution in [3.8, 4) is 0 Å². The van der Waals surface area contributed by atoms with Crippen molar-refractivity contribution in [2.75, 3.05) is 39.6 Å². The highest BCUT2D eigenvalue weighted by Crippen LogP contribution is 2.45. The van der Waals surface area contributed by atoms with E-state index in [1.54, 1.807) is 0 Å². The Bertz CT molecular complexity index is 2640. The fourth-order valence-electron chi connectivity index (χ4n) is 9.78. The third kappa shape index (κ3) is 74.7. The van der Waals surface area contributed by atoms with Crippen LogP contribution in [0.3, 0.4) is 0 Å². The summed E-state index contributed by atoms with van der Waals surface area (Å²) >= 11 is 0. The summed E-state index contributed by atoms with van der Waals surface area (Å²) in [7, 11) is -10.0. The van der Waals surface area contributed by atoms with Crippen molar-refractivity contribution >= 4 is 39.5 Å². The van der Waals surface area contributed by atoms with Crippen molar-refractivity contribution in [2.24, 2.45) is 0 Å². The number of allylic oxidation sites excluding steroid dienone is 28. The lowest BCUT2D eigenvalue weighted by Crippen LogP contribution is -2.30. The lowest BCUT2D eigenvalue weighted by Gasteiger charge is -2.21. The summed E-state index contributed by atoms with van der Waals surface area (Å²) in [5.41, 5.74) is 0. The molecule has 0 aliphatic heterocycles. The molecule has 0 heterocycles. The second kappa shape index (κ2) is 75.6. The van der Waals surface area contributed by atoms with E-state index in [2.05, 4.69) is 161 Å². The maximum Gasteiger partial charge on any atom is 0.472 e. The van der Waals surface area contributed by atoms with E-state index >= 15 is 0 Å². The normalized spacial score (nSPS) is 14.8. The van der Waals surface area contributed by atoms with E-state index < -0.39 is 97.5 Å². The van der Waals surface area contributed by atoms with Gasteiger partial charge in [0.05, 0.1) is 26.4 Å². The van der Waals surface area contributed by atoms with E-state index in [9.17, 15) is 43.2 Å². The highest BCUT2D eigenvalue weighted by Gasteiger charge is 2.30. The number of hydrogen-bond donors (Lipinski definition) is 3. The van der Waals surface area contributed by atoms with Crippen molar-refractivity contribution in [1.82, 2.24) is 0 Å². The minimum absolute atomic E-state index is 0.0140. The molecule has 0 aromatic rings. The van der Waals surface area contributed by atoms with Crippen LogP contribution < -0.4 is 0 Å². The zero-order valence-electron chi connectivity index (χ0n) is 64.4. The first kappa shape index (κ1) is 98.4. The van der Waals surface area contributed by atoms with Crippen LogP contribution in [0.1, 0.15) is 285 Å². The maximum atomic E-state index is 13.1. The topological polar surface area (TPSA) is 237 Å². The Hall–Kier alpha value is -5.58. The number of carbonyl (C=O) groups is 4. The molecule has 0 spiro atoms. The quantitative estimate of drug-likeness (QED) is 0.0169. The fourth-order valence-corrected chi connectivity index (χ4v) is 11.4. The Morgan fingerprint density at radius 2 is 0.538 bits per heavy atom. The van der Waals surface area contributed by atoms with Gasteiger partial charge in [-0.3, -0.25) is 37.3 Å². The summed E-state index contributed by atoms with van der Waals surface area (Å²) in [5, 5.41) is 10.6. The van der Waals surface area contributed by atoms with Gasteiger partial charge in [0.2, 0.25) is 0 Å². The molecule has 0 rings (SSSR count). The molecular formula is C85H138O17P2. The molecule has 0 fully saturated rings. The highest BCUT2D eigenvalue weighted by molar-refractivity contribution is 7.47. The van der Waals surface area contributed by atoms with Crippen LogP contribution in [0.25, 0.3) is 0 Å². The monoisotopic (exact) mass is 1490 g/mol. The second-order valence-electron chi connectivity index (χ2n) is 25.5. The molecule has 0 amide bonds. The minimum atomic E-state index is -5.02. The highest BCUT2D eigenvalue weighted by atomic mass is 31.2. The molecule has 5 unspecified atom stereocenters. The third-order valence-corrected chi connectivity index (χ3v) is 17.6. The van der Waals surface area contributed by atoms with Crippen LogP contribution in [0.15, 0.2) is 170 Å². The molecule has 0 aromatic carbocycles. The predicted octanol–water partition coefficient (Wildman–Crippen LogP) is 23.0. The van der Waals surface area contributed by atoms with E-state index in [-0.39, 0.29) is 25.7 Å². The summed E-state index contributed by atoms with van der Waals surface area (Å²) < 4.78 is 68.4. The van der Waals surface area contributed by atoms with E-state index in [0.29, 0.717) is 38.5 Å². The number of hydrogen-bond acceptors (Lipinski definition) is 15. The molecule has 3 N–H and O–H groups in total. The van der Waals surface area contributed by atoms with Crippen molar-refractivity contribution < 1.29 is 80.2 Å². The lowest BCUT2D eigenvalue weighted by atomic mass is 10.0. The minimum Gasteiger partial charge on any atom is -0.462 e. The van der Waals surface area contributed by atoms with Gasteiger partial charge >= 0.3 is 39.5 Å². The van der Waals surface area contributed by atoms with Gasteiger partial charge < -0.3 is 33.8 Å². The van der Waals surface area contributed by atoms with E-state index in [4.69, 9.17) is 37.0 Å². The number of rotatable bonds is 72. The summed E-state index contributed by atoms with van der Waals surface area (Å²) in [6.07, 6.45) is 89.4. The first-order valence-corrected chi connectivity index (χ1v) is 42.4. The number of phosphoric ester groups is 2. The van der Waals surface area contributed by atoms with Crippen molar-refractivity contribution in [2.45, 2.75) is 303 Å². The molecule has 0 aliphatic carbocycles. The van der Waals surface area contributed by atoms with Crippen LogP contribution in [0.4, 0.5) is 0 Å². The second-order valence-corrected chi connectivity index (χ2v) is 28.4. The van der Waals surface area contributed by atoms with Crippen molar-refractivity contribution in [3.05, 3.63) is 170 Å². The summed E-state index contributed by atoms with van der Waals surface area (Å²) in [6.45, 7) is 4.38. The van der Waals surface area contributed by atoms with Crippen LogP contribution in [0, 0.1) is 0 Å². The molecule has 104 heavy (non-hydrogen) atoms. The Morgan fingerprint density at radius 3 is 0.885 bits per heavy atom. The standard InChI is InChI=1S/C85H138O17P2/c1-5-9-13-17-21-25-29-33-35-37-39-41-43-47-50-54-58-62-66-70-83(88)96-76-81(102-85(90)72-68-64-60-56-52-48-44-42-40-38-36-34-30-26-22-18-14-10-6-2)78-100-104(93,94)98-74-79(86)73-97-103(91,92)99-77-80(101-84(89)71-67-63-59-55-51-46-32-28-24-20-16-12-8-4)75-95-82(87)69-65-61-57-53-49-45-31-27-23-19-15-11-7-3/h9-10,13-15,19,21-22,25-27,31,33-36,39-42,47-48,50,52,58,60,62,64,79-81,86H,5-8,11-12,16-18,20,23-24,28-30,32,37-38,43-46,49,51,53-57,59,61,63,65-78H2,1-4H3,(H,91,92)(H,93,94)/b13-9-,14-10-,19-15-,25-21-,26-22-,31-27-,35-33-,36-34-,41-39-,42-40-,50-47-,52-48-,62-58-,64-60-. The largest absolute Gasteiger partial charge is 0.472 e. The van der Waals surface area contributed by atoms with Gasteiger partial charge in [0.1, 0.15) is 19.3 Å². The number of phosphoric acid groups is 2. The fraction of sp³-hybridized carbons (Fsp3) is 0.624. The zero-order chi connectivity index (χ0) is 76.0. The van der Waals surface area contributed by atoms with Crippen LogP contribution in [0.2, 0.25) is 0 Å². The van der Waals surface area contributed by atoms with E-state index in [1.807, 2.05) is 36.5 Å². The van der Waals surface area contributed by atoms with E-state index in [1.165, 1.54) is 51.4 Å². The van der Waals surface area contributed by atoms with Gasteiger partial charge in [-0.25, -0.2) is 9.13 Å². The Balaban J connectivity index is 5.52. The van der Waals surface area contributed by atoms with Crippen LogP contribution in [-0.4, -0.2) is 96.7 Å². The first-order chi connectivity index (χ1) is 50.7. The number of aliphatic hydroxyl groups excluding tert-OH is 1. The Morgan fingerprint density at radius 1 is 0.279 bits per heavy atom. The van der Waals surface area contributed by atoms with Crippen LogP contribution in [-0.2, 0) is 65.4 Å². The molecule has 0 saturated heterocycles. The maximum absolute atomic E-state index is 13.1. The van der Waals surface area contributed by atoms with Gasteiger partial charge in [0, 0.05) is 25.7 Å². The third-order valence-electron chi connectivity index (χ3n) is 15.7. The van der Waals surface area contributed by atoms with Crippen molar-refractivity contribution in [3.63, 3.8) is 0 Å². The first-order valence-electron chi connectivity index (χ1n) is 39.4.